The first-order valence-electron chi connectivity index (χ1n) is 4.67. The fourth-order valence-corrected chi connectivity index (χ4v) is 3.30. The summed E-state index contributed by atoms with van der Waals surface area (Å²) < 4.78 is 0. The van der Waals surface area contributed by atoms with Crippen LogP contribution in [-0.4, -0.2) is 24.1 Å². The number of rotatable bonds is 3. The minimum absolute atomic E-state index is 0.750. The van der Waals surface area contributed by atoms with Crippen LogP contribution < -0.4 is 5.32 Å². The van der Waals surface area contributed by atoms with Gasteiger partial charge in [0.1, 0.15) is 0 Å². The molecule has 0 radical (unpaired) electrons. The Hall–Kier alpha value is 0.310. The molecule has 0 spiro atoms. The Balaban J connectivity index is 2.30. The van der Waals surface area contributed by atoms with Crippen LogP contribution in [0.1, 0.15) is 32.6 Å². The van der Waals surface area contributed by atoms with E-state index in [1.165, 1.54) is 31.4 Å². The maximum atomic E-state index is 3.40. The number of hydrogen-bond acceptors (Lipinski definition) is 2. The van der Waals surface area contributed by atoms with Gasteiger partial charge in [-0.2, -0.15) is 11.8 Å². The molecule has 2 unspecified atom stereocenters. The van der Waals surface area contributed by atoms with Gasteiger partial charge in [0.15, 0.2) is 0 Å². The molecule has 1 fully saturated rings. The van der Waals surface area contributed by atoms with E-state index >= 15 is 0 Å². The molecule has 0 aromatic rings. The van der Waals surface area contributed by atoms with Gasteiger partial charge in [0, 0.05) is 11.3 Å². The average Bonchev–Trinajstić information content (AvgIpc) is 2.09. The fourth-order valence-electron chi connectivity index (χ4n) is 1.74. The number of nitrogens with one attached hydrogen (secondary N) is 1. The predicted octanol–water partition coefficient (Wildman–Crippen LogP) is 2.27. The molecule has 2 heteroatoms. The van der Waals surface area contributed by atoms with E-state index in [1.807, 2.05) is 0 Å². The van der Waals surface area contributed by atoms with Crippen molar-refractivity contribution in [3.05, 3.63) is 0 Å². The van der Waals surface area contributed by atoms with Crippen molar-refractivity contribution < 1.29 is 0 Å². The zero-order chi connectivity index (χ0) is 8.10. The van der Waals surface area contributed by atoms with Crippen molar-refractivity contribution in [1.82, 2.24) is 5.32 Å². The van der Waals surface area contributed by atoms with Crippen molar-refractivity contribution in [3.8, 4) is 0 Å². The van der Waals surface area contributed by atoms with Gasteiger partial charge in [0.2, 0.25) is 0 Å². The Morgan fingerprint density at radius 3 is 2.82 bits per heavy atom. The molecule has 0 aromatic heterocycles. The first-order chi connectivity index (χ1) is 5.38. The largest absolute Gasteiger partial charge is 0.316 e. The summed E-state index contributed by atoms with van der Waals surface area (Å²) >= 11 is 2.16. The second kappa shape index (κ2) is 5.04. The molecule has 2 atom stereocenters. The quantitative estimate of drug-likeness (QED) is 0.702. The van der Waals surface area contributed by atoms with Crippen molar-refractivity contribution in [1.29, 1.82) is 0 Å². The zero-order valence-electron chi connectivity index (χ0n) is 7.60. The predicted molar refractivity (Wildman–Crippen MR) is 53.2 cm³/mol. The van der Waals surface area contributed by atoms with E-state index in [-0.39, 0.29) is 0 Å². The van der Waals surface area contributed by atoms with Gasteiger partial charge >= 0.3 is 0 Å². The number of thioether (sulfide) groups is 1. The van der Waals surface area contributed by atoms with Crippen LogP contribution in [0, 0.1) is 0 Å². The highest BCUT2D eigenvalue weighted by molar-refractivity contribution is 8.00. The summed E-state index contributed by atoms with van der Waals surface area (Å²) in [6.45, 7) is 2.27. The van der Waals surface area contributed by atoms with Crippen LogP contribution in [0.4, 0.5) is 0 Å². The molecule has 1 aliphatic heterocycles. The molecule has 0 amide bonds. The molecule has 1 heterocycles. The van der Waals surface area contributed by atoms with Crippen LogP contribution in [0.2, 0.25) is 0 Å². The van der Waals surface area contributed by atoms with Crippen molar-refractivity contribution in [2.45, 2.75) is 43.9 Å². The molecule has 0 aliphatic carbocycles. The van der Waals surface area contributed by atoms with E-state index < -0.39 is 0 Å². The van der Waals surface area contributed by atoms with Gasteiger partial charge in [-0.05, 0) is 32.1 Å². The number of hydrogen-bond donors (Lipinski definition) is 1. The van der Waals surface area contributed by atoms with Gasteiger partial charge in [0.05, 0.1) is 0 Å². The molecule has 66 valence electrons. The Kier molecular flexibility index (Phi) is 4.31. The molecule has 11 heavy (non-hydrogen) atoms. The minimum atomic E-state index is 0.750. The summed E-state index contributed by atoms with van der Waals surface area (Å²) in [6.07, 6.45) is 5.56. The van der Waals surface area contributed by atoms with Crippen LogP contribution in [0.25, 0.3) is 0 Å². The third kappa shape index (κ3) is 2.68. The lowest BCUT2D eigenvalue weighted by Crippen LogP contribution is -2.36. The molecule has 1 rings (SSSR count). The molecule has 1 N–H and O–H groups in total. The van der Waals surface area contributed by atoms with Crippen molar-refractivity contribution >= 4 is 11.8 Å². The normalized spacial score (nSPS) is 28.4. The van der Waals surface area contributed by atoms with Crippen LogP contribution in [0.3, 0.4) is 0 Å². The topological polar surface area (TPSA) is 12.0 Å². The van der Waals surface area contributed by atoms with E-state index in [0.29, 0.717) is 0 Å². The highest BCUT2D eigenvalue weighted by Crippen LogP contribution is 2.28. The lowest BCUT2D eigenvalue weighted by molar-refractivity contribution is 0.486. The van der Waals surface area contributed by atoms with Crippen LogP contribution in [-0.2, 0) is 0 Å². The molecule has 0 aromatic carbocycles. The SMILES string of the molecule is CCC(NC)C1CCCCS1. The zero-order valence-corrected chi connectivity index (χ0v) is 8.41. The third-order valence-corrected chi connectivity index (χ3v) is 3.99. The second-order valence-electron chi connectivity index (χ2n) is 3.21. The molecular formula is C9H19NS. The van der Waals surface area contributed by atoms with Gasteiger partial charge in [-0.25, -0.2) is 0 Å². The smallest absolute Gasteiger partial charge is 0.0200 e. The van der Waals surface area contributed by atoms with E-state index in [1.54, 1.807) is 0 Å². The first kappa shape index (κ1) is 9.40. The lowest BCUT2D eigenvalue weighted by Gasteiger charge is -2.28. The fraction of sp³-hybridized carbons (Fsp3) is 1.00. The molecule has 1 aliphatic rings. The molecule has 1 nitrogen and oxygen atoms in total. The van der Waals surface area contributed by atoms with Gasteiger partial charge in [0.25, 0.3) is 0 Å². The Labute approximate surface area is 74.3 Å². The van der Waals surface area contributed by atoms with Gasteiger partial charge < -0.3 is 5.32 Å². The van der Waals surface area contributed by atoms with Gasteiger partial charge in [-0.3, -0.25) is 0 Å². The third-order valence-electron chi connectivity index (χ3n) is 2.47. The standard InChI is InChI=1S/C9H19NS/c1-3-8(10-2)9-6-4-5-7-11-9/h8-10H,3-7H2,1-2H3. The monoisotopic (exact) mass is 173 g/mol. The van der Waals surface area contributed by atoms with Crippen LogP contribution >= 0.6 is 11.8 Å². The highest BCUT2D eigenvalue weighted by atomic mass is 32.2. The minimum Gasteiger partial charge on any atom is -0.316 e. The summed E-state index contributed by atoms with van der Waals surface area (Å²) in [4.78, 5) is 0. The Morgan fingerprint density at radius 2 is 2.36 bits per heavy atom. The summed E-state index contributed by atoms with van der Waals surface area (Å²) in [5, 5.41) is 4.29. The molecule has 0 saturated carbocycles. The maximum Gasteiger partial charge on any atom is 0.0200 e. The molecule has 1 saturated heterocycles. The highest BCUT2D eigenvalue weighted by Gasteiger charge is 2.20. The summed E-state index contributed by atoms with van der Waals surface area (Å²) in [5.74, 6) is 1.38. The van der Waals surface area contributed by atoms with E-state index in [2.05, 4.69) is 31.1 Å². The second-order valence-corrected chi connectivity index (χ2v) is 4.56. The van der Waals surface area contributed by atoms with E-state index in [0.717, 1.165) is 11.3 Å². The molecule has 0 bridgehead atoms. The van der Waals surface area contributed by atoms with E-state index in [9.17, 15) is 0 Å². The summed E-state index contributed by atoms with van der Waals surface area (Å²) in [6, 6.07) is 0.750. The van der Waals surface area contributed by atoms with Crippen molar-refractivity contribution in [2.24, 2.45) is 0 Å². The van der Waals surface area contributed by atoms with E-state index in [4.69, 9.17) is 0 Å². The summed E-state index contributed by atoms with van der Waals surface area (Å²) in [7, 11) is 2.09. The van der Waals surface area contributed by atoms with Crippen LogP contribution in [0.5, 0.6) is 0 Å². The average molecular weight is 173 g/mol. The van der Waals surface area contributed by atoms with Gasteiger partial charge in [-0.15, -0.1) is 0 Å². The molecular weight excluding hydrogens is 154 g/mol. The van der Waals surface area contributed by atoms with Crippen LogP contribution in [0.15, 0.2) is 0 Å². The van der Waals surface area contributed by atoms with Gasteiger partial charge in [-0.1, -0.05) is 13.3 Å². The summed E-state index contributed by atoms with van der Waals surface area (Å²) in [5.41, 5.74) is 0. The Bertz CT molecular complexity index is 95.7. The lowest BCUT2D eigenvalue weighted by atomic mass is 10.1. The van der Waals surface area contributed by atoms with Crippen molar-refractivity contribution in [3.63, 3.8) is 0 Å². The Morgan fingerprint density at radius 1 is 1.55 bits per heavy atom. The maximum absolute atomic E-state index is 3.40. The first-order valence-corrected chi connectivity index (χ1v) is 5.72. The van der Waals surface area contributed by atoms with Crippen molar-refractivity contribution in [2.75, 3.05) is 12.8 Å².